The minimum absolute atomic E-state index is 0.0728. The summed E-state index contributed by atoms with van der Waals surface area (Å²) in [6.07, 6.45) is -4.22. The van der Waals surface area contributed by atoms with Crippen molar-refractivity contribution in [2.45, 2.75) is 44.4 Å². The molecule has 132 valence electrons. The molecular formula is C15H19Cl2N3O4. The summed E-state index contributed by atoms with van der Waals surface area (Å²) >= 11 is 12.2. The summed E-state index contributed by atoms with van der Waals surface area (Å²) in [6.45, 7) is 3.49. The Morgan fingerprint density at radius 1 is 1.25 bits per heavy atom. The van der Waals surface area contributed by atoms with Crippen molar-refractivity contribution < 1.29 is 20.1 Å². The molecule has 1 fully saturated rings. The zero-order valence-corrected chi connectivity index (χ0v) is 14.7. The maximum Gasteiger partial charge on any atom is 0.206 e. The van der Waals surface area contributed by atoms with Crippen LogP contribution in [0.1, 0.15) is 20.1 Å². The summed E-state index contributed by atoms with van der Waals surface area (Å²) in [4.78, 5) is 4.48. The van der Waals surface area contributed by atoms with Gasteiger partial charge in [0.1, 0.15) is 18.3 Å². The first kappa shape index (κ1) is 17.7. The number of imidazole rings is 1. The standard InChI is InChI=1S/C15H19Cl2N3O4/c1-6(2)18-15-19-9-3-7(16)8(17)4-10(9)20(15)14-13(23)12(22)11(5-21)24-14/h3-4,6,11-14,21-23H,5H2,1-2H3,(H,18,19)/t11-,12?,13?,14-/m1/s1. The minimum atomic E-state index is -1.22. The predicted octanol–water partition coefficient (Wildman–Crippen LogP) is 1.77. The molecule has 0 bridgehead atoms. The lowest BCUT2D eigenvalue weighted by molar-refractivity contribution is -0.0499. The highest BCUT2D eigenvalue weighted by Gasteiger charge is 2.44. The summed E-state index contributed by atoms with van der Waals surface area (Å²) in [7, 11) is 0. The second-order valence-electron chi connectivity index (χ2n) is 6.09. The highest BCUT2D eigenvalue weighted by Crippen LogP contribution is 2.37. The Labute approximate surface area is 148 Å². The number of anilines is 1. The second-order valence-corrected chi connectivity index (χ2v) is 6.90. The van der Waals surface area contributed by atoms with E-state index < -0.39 is 31.1 Å². The van der Waals surface area contributed by atoms with Crippen LogP contribution in [-0.4, -0.2) is 55.8 Å². The normalized spacial score (nSPS) is 27.3. The molecule has 2 unspecified atom stereocenters. The number of fused-ring (bicyclic) bond motifs is 1. The molecule has 2 heterocycles. The van der Waals surface area contributed by atoms with Gasteiger partial charge in [-0.05, 0) is 26.0 Å². The molecule has 1 saturated heterocycles. The van der Waals surface area contributed by atoms with E-state index >= 15 is 0 Å². The minimum Gasteiger partial charge on any atom is -0.394 e. The number of aliphatic hydroxyl groups excluding tert-OH is 3. The van der Waals surface area contributed by atoms with E-state index in [4.69, 9.17) is 27.9 Å². The number of aliphatic hydroxyl groups is 3. The first-order valence-electron chi connectivity index (χ1n) is 7.59. The van der Waals surface area contributed by atoms with E-state index in [0.29, 0.717) is 27.0 Å². The van der Waals surface area contributed by atoms with Crippen LogP contribution >= 0.6 is 23.2 Å². The van der Waals surface area contributed by atoms with Crippen molar-refractivity contribution in [3.63, 3.8) is 0 Å². The molecule has 1 aromatic carbocycles. The van der Waals surface area contributed by atoms with Crippen molar-refractivity contribution in [3.8, 4) is 0 Å². The number of halogens is 2. The number of hydrogen-bond donors (Lipinski definition) is 4. The molecule has 0 radical (unpaired) electrons. The Kier molecular flexibility index (Phi) is 4.92. The van der Waals surface area contributed by atoms with Gasteiger partial charge in [0.15, 0.2) is 6.23 Å². The van der Waals surface area contributed by atoms with Crippen molar-refractivity contribution in [3.05, 3.63) is 22.2 Å². The monoisotopic (exact) mass is 375 g/mol. The fraction of sp³-hybridized carbons (Fsp3) is 0.533. The van der Waals surface area contributed by atoms with Crippen LogP contribution in [-0.2, 0) is 4.74 Å². The van der Waals surface area contributed by atoms with Gasteiger partial charge in [0.05, 0.1) is 27.7 Å². The topological polar surface area (TPSA) is 99.8 Å². The van der Waals surface area contributed by atoms with Crippen molar-refractivity contribution in [2.24, 2.45) is 0 Å². The Morgan fingerprint density at radius 2 is 1.92 bits per heavy atom. The lowest BCUT2D eigenvalue weighted by atomic mass is 10.1. The summed E-state index contributed by atoms with van der Waals surface area (Å²) in [6, 6.07) is 3.33. The lowest BCUT2D eigenvalue weighted by Gasteiger charge is -2.21. The maximum absolute atomic E-state index is 10.4. The van der Waals surface area contributed by atoms with Crippen LogP contribution in [0, 0.1) is 0 Å². The van der Waals surface area contributed by atoms with E-state index in [-0.39, 0.29) is 6.04 Å². The van der Waals surface area contributed by atoms with Crippen molar-refractivity contribution in [1.29, 1.82) is 0 Å². The van der Waals surface area contributed by atoms with Crippen LogP contribution in [0.15, 0.2) is 12.1 Å². The lowest BCUT2D eigenvalue weighted by Crippen LogP contribution is -2.33. The zero-order valence-electron chi connectivity index (χ0n) is 13.1. The molecule has 24 heavy (non-hydrogen) atoms. The van der Waals surface area contributed by atoms with Crippen LogP contribution in [0.25, 0.3) is 11.0 Å². The largest absolute Gasteiger partial charge is 0.394 e. The molecule has 9 heteroatoms. The van der Waals surface area contributed by atoms with Crippen LogP contribution in [0.2, 0.25) is 10.0 Å². The van der Waals surface area contributed by atoms with Gasteiger partial charge < -0.3 is 25.4 Å². The van der Waals surface area contributed by atoms with Gasteiger partial charge in [-0.1, -0.05) is 23.2 Å². The van der Waals surface area contributed by atoms with Crippen molar-refractivity contribution in [2.75, 3.05) is 11.9 Å². The SMILES string of the molecule is CC(C)Nc1nc2cc(Cl)c(Cl)cc2n1[C@@H]1O[C@H](CO)C(O)C1O. The molecule has 0 amide bonds. The van der Waals surface area contributed by atoms with E-state index in [0.717, 1.165) is 0 Å². The molecule has 0 aliphatic carbocycles. The van der Waals surface area contributed by atoms with Gasteiger partial charge in [0.2, 0.25) is 5.95 Å². The van der Waals surface area contributed by atoms with Crippen molar-refractivity contribution in [1.82, 2.24) is 9.55 Å². The average molecular weight is 376 g/mol. The molecule has 0 spiro atoms. The van der Waals surface area contributed by atoms with Crippen LogP contribution < -0.4 is 5.32 Å². The Morgan fingerprint density at radius 3 is 2.50 bits per heavy atom. The first-order valence-corrected chi connectivity index (χ1v) is 8.35. The molecule has 7 nitrogen and oxygen atoms in total. The number of benzene rings is 1. The zero-order chi connectivity index (χ0) is 17.6. The Bertz CT molecular complexity index is 752. The molecule has 4 atom stereocenters. The maximum atomic E-state index is 10.4. The number of hydrogen-bond acceptors (Lipinski definition) is 6. The number of rotatable bonds is 4. The smallest absolute Gasteiger partial charge is 0.206 e. The number of nitrogens with one attached hydrogen (secondary N) is 1. The van der Waals surface area contributed by atoms with Gasteiger partial charge in [0, 0.05) is 6.04 Å². The highest BCUT2D eigenvalue weighted by atomic mass is 35.5. The summed E-state index contributed by atoms with van der Waals surface area (Å²) in [5.41, 5.74) is 1.17. The van der Waals surface area contributed by atoms with E-state index in [1.165, 1.54) is 0 Å². The molecule has 0 saturated carbocycles. The Balaban J connectivity index is 2.15. The van der Waals surface area contributed by atoms with Gasteiger partial charge in [-0.15, -0.1) is 0 Å². The van der Waals surface area contributed by atoms with E-state index in [9.17, 15) is 15.3 Å². The molecule has 2 aromatic rings. The highest BCUT2D eigenvalue weighted by molar-refractivity contribution is 6.42. The molecule has 4 N–H and O–H groups in total. The van der Waals surface area contributed by atoms with Crippen LogP contribution in [0.3, 0.4) is 0 Å². The number of nitrogens with zero attached hydrogens (tertiary/aromatic N) is 2. The fourth-order valence-corrected chi connectivity index (χ4v) is 3.12. The molecule has 1 aliphatic heterocycles. The third kappa shape index (κ3) is 2.96. The van der Waals surface area contributed by atoms with Crippen LogP contribution in [0.4, 0.5) is 5.95 Å². The van der Waals surface area contributed by atoms with Gasteiger partial charge >= 0.3 is 0 Å². The van der Waals surface area contributed by atoms with Gasteiger partial charge in [-0.25, -0.2) is 4.98 Å². The van der Waals surface area contributed by atoms with Gasteiger partial charge in [-0.3, -0.25) is 4.57 Å². The third-order valence-corrected chi connectivity index (χ3v) is 4.64. The second kappa shape index (κ2) is 6.67. The van der Waals surface area contributed by atoms with Crippen LogP contribution in [0.5, 0.6) is 0 Å². The molecule has 1 aromatic heterocycles. The number of aromatic nitrogens is 2. The predicted molar refractivity (Wildman–Crippen MR) is 91.5 cm³/mol. The molecular weight excluding hydrogens is 357 g/mol. The average Bonchev–Trinajstić information content (AvgIpc) is 2.97. The third-order valence-electron chi connectivity index (χ3n) is 3.92. The van der Waals surface area contributed by atoms with E-state index in [1.807, 2.05) is 13.8 Å². The van der Waals surface area contributed by atoms with Gasteiger partial charge in [-0.2, -0.15) is 0 Å². The molecule has 3 rings (SSSR count). The van der Waals surface area contributed by atoms with E-state index in [2.05, 4.69) is 10.3 Å². The summed E-state index contributed by atoms with van der Waals surface area (Å²) in [5.74, 6) is 0.452. The summed E-state index contributed by atoms with van der Waals surface area (Å²) in [5, 5.41) is 33.6. The first-order chi connectivity index (χ1) is 11.3. The quantitative estimate of drug-likeness (QED) is 0.649. The van der Waals surface area contributed by atoms with Gasteiger partial charge in [0.25, 0.3) is 0 Å². The molecule has 1 aliphatic rings. The van der Waals surface area contributed by atoms with Crippen molar-refractivity contribution >= 4 is 40.2 Å². The fourth-order valence-electron chi connectivity index (χ4n) is 2.80. The summed E-state index contributed by atoms with van der Waals surface area (Å²) < 4.78 is 7.26. The van der Waals surface area contributed by atoms with E-state index in [1.54, 1.807) is 16.7 Å². The number of ether oxygens (including phenoxy) is 1. The Hall–Kier alpha value is -1.09.